The van der Waals surface area contributed by atoms with Crippen LogP contribution in [0.5, 0.6) is 0 Å². The molecule has 0 bridgehead atoms. The monoisotopic (exact) mass is 267 g/mol. The van der Waals surface area contributed by atoms with Crippen molar-refractivity contribution in [2.24, 2.45) is 0 Å². The number of amides is 1. The van der Waals surface area contributed by atoms with Crippen LogP contribution in [0.3, 0.4) is 0 Å². The number of benzene rings is 1. The number of aromatic nitrogens is 2. The summed E-state index contributed by atoms with van der Waals surface area (Å²) in [7, 11) is 0. The van der Waals surface area contributed by atoms with Gasteiger partial charge in [0.1, 0.15) is 11.5 Å². The van der Waals surface area contributed by atoms with Gasteiger partial charge in [0.2, 0.25) is 5.95 Å². The Hall–Kier alpha value is -1.73. The molecule has 0 saturated carbocycles. The Kier molecular flexibility index (Phi) is 3.73. The molecule has 0 radical (unpaired) electrons. The van der Waals surface area contributed by atoms with Gasteiger partial charge in [-0.05, 0) is 30.2 Å². The van der Waals surface area contributed by atoms with E-state index in [1.807, 2.05) is 19.1 Å². The molecule has 1 unspecified atom stereocenters. The van der Waals surface area contributed by atoms with E-state index in [0.717, 1.165) is 11.1 Å². The maximum Gasteiger partial charge on any atom is 0.411 e. The molecule has 1 heterocycles. The van der Waals surface area contributed by atoms with E-state index in [-0.39, 0.29) is 5.95 Å². The molecular formula is C11H13N3O3S. The first-order valence-corrected chi connectivity index (χ1v) is 6.91. The van der Waals surface area contributed by atoms with Crippen molar-refractivity contribution in [1.82, 2.24) is 9.97 Å². The molecule has 0 spiro atoms. The Bertz CT molecular complexity index is 570. The van der Waals surface area contributed by atoms with E-state index in [4.69, 9.17) is 5.11 Å². The smallest absolute Gasteiger partial charge is 0.411 e. The SMILES string of the molecule is CC[S+]([O-])Cc1ccc2[nH]c(NC(=O)O)nc2c1. The van der Waals surface area contributed by atoms with Crippen LogP contribution in [0.4, 0.5) is 10.7 Å². The molecule has 0 saturated heterocycles. The van der Waals surface area contributed by atoms with Gasteiger partial charge in [0.15, 0.2) is 0 Å². The van der Waals surface area contributed by atoms with Crippen molar-refractivity contribution in [2.45, 2.75) is 12.7 Å². The number of H-pyrrole nitrogens is 1. The van der Waals surface area contributed by atoms with Gasteiger partial charge < -0.3 is 14.6 Å². The van der Waals surface area contributed by atoms with Crippen LogP contribution in [0.1, 0.15) is 12.5 Å². The van der Waals surface area contributed by atoms with E-state index in [1.165, 1.54) is 0 Å². The van der Waals surface area contributed by atoms with Crippen LogP contribution < -0.4 is 5.32 Å². The second kappa shape index (κ2) is 5.28. The molecule has 0 aliphatic rings. The quantitative estimate of drug-likeness (QED) is 0.736. The summed E-state index contributed by atoms with van der Waals surface area (Å²) in [6, 6.07) is 5.47. The molecule has 1 amide bonds. The normalized spacial score (nSPS) is 12.6. The largest absolute Gasteiger partial charge is 0.616 e. The first-order chi connectivity index (χ1) is 8.58. The van der Waals surface area contributed by atoms with Gasteiger partial charge in [-0.2, -0.15) is 0 Å². The zero-order chi connectivity index (χ0) is 13.1. The second-order valence-corrected chi connectivity index (χ2v) is 5.49. The molecule has 0 aliphatic carbocycles. The van der Waals surface area contributed by atoms with Crippen molar-refractivity contribution >= 4 is 34.3 Å². The van der Waals surface area contributed by atoms with Crippen LogP contribution in [0.2, 0.25) is 0 Å². The molecule has 3 N–H and O–H groups in total. The van der Waals surface area contributed by atoms with Crippen LogP contribution in [0, 0.1) is 0 Å². The highest BCUT2D eigenvalue weighted by molar-refractivity contribution is 7.90. The number of rotatable bonds is 4. The Morgan fingerprint density at radius 3 is 3.06 bits per heavy atom. The standard InChI is InChI=1S/C11H13N3O3S/c1-2-18(17)6-7-3-4-8-9(5-7)13-10(12-8)14-11(15)16/h3-5H,2,6H2,1H3,(H,15,16)(H2,12,13,14). The number of hydrogen-bond donors (Lipinski definition) is 3. The Morgan fingerprint density at radius 1 is 1.61 bits per heavy atom. The predicted molar refractivity (Wildman–Crippen MR) is 70.1 cm³/mol. The first-order valence-electron chi connectivity index (χ1n) is 5.42. The second-order valence-electron chi connectivity index (χ2n) is 3.74. The van der Waals surface area contributed by atoms with Crippen LogP contribution in [-0.4, -0.2) is 31.5 Å². The van der Waals surface area contributed by atoms with Crippen LogP contribution in [0.25, 0.3) is 11.0 Å². The summed E-state index contributed by atoms with van der Waals surface area (Å²) < 4.78 is 11.5. The molecule has 1 atom stereocenters. The molecule has 6 nitrogen and oxygen atoms in total. The number of nitrogens with zero attached hydrogens (tertiary/aromatic N) is 1. The lowest BCUT2D eigenvalue weighted by Gasteiger charge is -2.07. The Morgan fingerprint density at radius 2 is 2.39 bits per heavy atom. The number of fused-ring (bicyclic) bond motifs is 1. The molecule has 2 aromatic rings. The van der Waals surface area contributed by atoms with Gasteiger partial charge in [-0.3, -0.25) is 5.32 Å². The molecule has 7 heteroatoms. The highest BCUT2D eigenvalue weighted by Gasteiger charge is 2.09. The van der Waals surface area contributed by atoms with E-state index in [9.17, 15) is 9.35 Å². The first kappa shape index (κ1) is 12.7. The number of nitrogens with one attached hydrogen (secondary N) is 2. The topological polar surface area (TPSA) is 101 Å². The third-order valence-electron chi connectivity index (χ3n) is 2.42. The number of hydrogen-bond acceptors (Lipinski definition) is 3. The van der Waals surface area contributed by atoms with Crippen LogP contribution >= 0.6 is 0 Å². The highest BCUT2D eigenvalue weighted by atomic mass is 32.2. The Balaban J connectivity index is 2.25. The fourth-order valence-corrected chi connectivity index (χ4v) is 2.35. The highest BCUT2D eigenvalue weighted by Crippen LogP contribution is 2.17. The molecule has 1 aromatic heterocycles. The molecule has 1 aromatic carbocycles. The molecule has 0 fully saturated rings. The lowest BCUT2D eigenvalue weighted by atomic mass is 10.2. The molecule has 0 aliphatic heterocycles. The van der Waals surface area contributed by atoms with Gasteiger partial charge in [-0.1, -0.05) is 6.07 Å². The molecule has 2 rings (SSSR count). The summed E-state index contributed by atoms with van der Waals surface area (Å²) in [4.78, 5) is 17.4. The summed E-state index contributed by atoms with van der Waals surface area (Å²) in [6.45, 7) is 1.87. The number of aromatic amines is 1. The van der Waals surface area contributed by atoms with Crippen molar-refractivity contribution < 1.29 is 14.5 Å². The minimum atomic E-state index is -1.17. The average Bonchev–Trinajstić information content (AvgIpc) is 2.69. The van der Waals surface area contributed by atoms with Crippen molar-refractivity contribution in [2.75, 3.05) is 11.1 Å². The number of imidazole rings is 1. The maximum atomic E-state index is 11.5. The van der Waals surface area contributed by atoms with E-state index in [0.29, 0.717) is 17.0 Å². The van der Waals surface area contributed by atoms with Gasteiger partial charge >= 0.3 is 6.09 Å². The lowest BCUT2D eigenvalue weighted by molar-refractivity contribution is 0.209. The van der Waals surface area contributed by atoms with Crippen molar-refractivity contribution in [3.05, 3.63) is 23.8 Å². The average molecular weight is 267 g/mol. The minimum Gasteiger partial charge on any atom is -0.616 e. The lowest BCUT2D eigenvalue weighted by Crippen LogP contribution is -2.08. The number of carbonyl (C=O) groups is 1. The molecule has 96 valence electrons. The predicted octanol–water partition coefficient (Wildman–Crippen LogP) is 1.92. The van der Waals surface area contributed by atoms with Crippen molar-refractivity contribution in [1.29, 1.82) is 0 Å². The maximum absolute atomic E-state index is 11.5. The van der Waals surface area contributed by atoms with E-state index >= 15 is 0 Å². The summed E-state index contributed by atoms with van der Waals surface area (Å²) in [6.07, 6.45) is -1.17. The summed E-state index contributed by atoms with van der Waals surface area (Å²) in [5.41, 5.74) is 2.32. The minimum absolute atomic E-state index is 0.186. The summed E-state index contributed by atoms with van der Waals surface area (Å²) in [5, 5.41) is 10.7. The third kappa shape index (κ3) is 2.93. The van der Waals surface area contributed by atoms with Gasteiger partial charge in [-0.15, -0.1) is 0 Å². The van der Waals surface area contributed by atoms with Gasteiger partial charge in [0.25, 0.3) is 0 Å². The summed E-state index contributed by atoms with van der Waals surface area (Å²) >= 11 is -0.871. The van der Waals surface area contributed by atoms with E-state index < -0.39 is 17.3 Å². The van der Waals surface area contributed by atoms with Crippen LogP contribution in [-0.2, 0) is 16.9 Å². The van der Waals surface area contributed by atoms with Gasteiger partial charge in [0.05, 0.1) is 11.0 Å². The van der Waals surface area contributed by atoms with Crippen molar-refractivity contribution in [3.8, 4) is 0 Å². The fraction of sp³-hybridized carbons (Fsp3) is 0.273. The molecular weight excluding hydrogens is 254 g/mol. The zero-order valence-corrected chi connectivity index (χ0v) is 10.6. The number of anilines is 1. The van der Waals surface area contributed by atoms with E-state index in [2.05, 4.69) is 15.3 Å². The zero-order valence-electron chi connectivity index (χ0n) is 9.77. The Labute approximate surface area is 107 Å². The van der Waals surface area contributed by atoms with Crippen molar-refractivity contribution in [3.63, 3.8) is 0 Å². The van der Waals surface area contributed by atoms with Crippen LogP contribution in [0.15, 0.2) is 18.2 Å². The van der Waals surface area contributed by atoms with E-state index in [1.54, 1.807) is 6.07 Å². The summed E-state index contributed by atoms with van der Waals surface area (Å²) in [5.74, 6) is 1.29. The third-order valence-corrected chi connectivity index (χ3v) is 3.72. The van der Waals surface area contributed by atoms with Gasteiger partial charge in [-0.25, -0.2) is 9.78 Å². The molecule has 18 heavy (non-hydrogen) atoms. The number of carboxylic acid groups (broad SMARTS) is 1. The van der Waals surface area contributed by atoms with Gasteiger partial charge in [0, 0.05) is 5.56 Å². The fourth-order valence-electron chi connectivity index (χ4n) is 1.59.